The van der Waals surface area contributed by atoms with E-state index in [1.54, 1.807) is 12.1 Å². The van der Waals surface area contributed by atoms with Crippen molar-refractivity contribution >= 4 is 15.9 Å². The standard InChI is InChI=1S/C18H19BrFNO/c1-18(2,3)21-10-14-8-13(9-16(19)17(14)22-11-21)12-4-6-15(20)7-5-12/h4-9H,10-11H2,1-3H3. The lowest BCUT2D eigenvalue weighted by Crippen LogP contribution is -2.45. The summed E-state index contributed by atoms with van der Waals surface area (Å²) in [4.78, 5) is 2.29. The average Bonchev–Trinajstić information content (AvgIpc) is 2.46. The molecule has 2 aromatic rings. The monoisotopic (exact) mass is 363 g/mol. The maximum Gasteiger partial charge on any atom is 0.142 e. The minimum absolute atomic E-state index is 0.0516. The molecule has 0 aliphatic carbocycles. The van der Waals surface area contributed by atoms with Crippen LogP contribution in [0.25, 0.3) is 11.1 Å². The summed E-state index contributed by atoms with van der Waals surface area (Å²) in [5.41, 5.74) is 3.26. The van der Waals surface area contributed by atoms with Gasteiger partial charge >= 0.3 is 0 Å². The number of fused-ring (bicyclic) bond motifs is 1. The van der Waals surface area contributed by atoms with Crippen molar-refractivity contribution < 1.29 is 9.13 Å². The highest BCUT2D eigenvalue weighted by atomic mass is 79.9. The Labute approximate surface area is 139 Å². The molecule has 1 aliphatic rings. The van der Waals surface area contributed by atoms with E-state index in [2.05, 4.69) is 47.7 Å². The third-order valence-electron chi connectivity index (χ3n) is 3.97. The van der Waals surface area contributed by atoms with Crippen LogP contribution >= 0.6 is 15.9 Å². The molecule has 2 nitrogen and oxygen atoms in total. The molecule has 4 heteroatoms. The minimum Gasteiger partial charge on any atom is -0.477 e. The summed E-state index contributed by atoms with van der Waals surface area (Å²) >= 11 is 3.60. The lowest BCUT2D eigenvalue weighted by molar-refractivity contribution is 0.0213. The second-order valence-electron chi connectivity index (χ2n) is 6.60. The number of hydrogen-bond donors (Lipinski definition) is 0. The van der Waals surface area contributed by atoms with Gasteiger partial charge in [0.1, 0.15) is 18.3 Å². The molecule has 3 rings (SSSR count). The molecule has 0 bridgehead atoms. The number of nitrogens with zero attached hydrogens (tertiary/aromatic N) is 1. The number of hydrogen-bond acceptors (Lipinski definition) is 2. The van der Waals surface area contributed by atoms with Crippen molar-refractivity contribution in [3.63, 3.8) is 0 Å². The van der Waals surface area contributed by atoms with E-state index >= 15 is 0 Å². The number of benzene rings is 2. The van der Waals surface area contributed by atoms with Crippen LogP contribution in [0.1, 0.15) is 26.3 Å². The largest absolute Gasteiger partial charge is 0.477 e. The molecule has 1 aliphatic heterocycles. The smallest absolute Gasteiger partial charge is 0.142 e. The van der Waals surface area contributed by atoms with Crippen molar-refractivity contribution in [1.29, 1.82) is 0 Å². The Balaban J connectivity index is 2.00. The van der Waals surface area contributed by atoms with Crippen LogP contribution in [0.5, 0.6) is 5.75 Å². The molecule has 0 aromatic heterocycles. The summed E-state index contributed by atoms with van der Waals surface area (Å²) < 4.78 is 20.0. The molecule has 0 radical (unpaired) electrons. The molecule has 0 amide bonds. The first-order valence-corrected chi connectivity index (χ1v) is 8.10. The van der Waals surface area contributed by atoms with Crippen LogP contribution in [0.15, 0.2) is 40.9 Å². The Morgan fingerprint density at radius 2 is 1.77 bits per heavy atom. The lowest BCUT2D eigenvalue weighted by atomic mass is 9.99. The molecule has 0 atom stereocenters. The Morgan fingerprint density at radius 3 is 2.41 bits per heavy atom. The van der Waals surface area contributed by atoms with Crippen LogP contribution in [-0.4, -0.2) is 17.2 Å². The van der Waals surface area contributed by atoms with Gasteiger partial charge in [-0.2, -0.15) is 0 Å². The quantitative estimate of drug-likeness (QED) is 0.689. The number of rotatable bonds is 1. The van der Waals surface area contributed by atoms with E-state index in [0.717, 1.165) is 33.5 Å². The van der Waals surface area contributed by atoms with Gasteiger partial charge in [0, 0.05) is 17.6 Å². The van der Waals surface area contributed by atoms with Gasteiger partial charge in [-0.3, -0.25) is 4.90 Å². The zero-order valence-electron chi connectivity index (χ0n) is 13.0. The van der Waals surface area contributed by atoms with E-state index in [4.69, 9.17) is 4.74 Å². The van der Waals surface area contributed by atoms with Crippen molar-refractivity contribution in [3.8, 4) is 16.9 Å². The van der Waals surface area contributed by atoms with Crippen LogP contribution in [0, 0.1) is 5.82 Å². The second kappa shape index (κ2) is 5.67. The summed E-state index contributed by atoms with van der Waals surface area (Å²) in [7, 11) is 0. The third-order valence-corrected chi connectivity index (χ3v) is 4.56. The summed E-state index contributed by atoms with van der Waals surface area (Å²) in [6.07, 6.45) is 0. The Kier molecular flexibility index (Phi) is 4.00. The minimum atomic E-state index is -0.219. The molecule has 116 valence electrons. The van der Waals surface area contributed by atoms with Crippen LogP contribution in [0.2, 0.25) is 0 Å². The average molecular weight is 364 g/mol. The van der Waals surface area contributed by atoms with Gasteiger partial charge in [0.25, 0.3) is 0 Å². The number of halogens is 2. The van der Waals surface area contributed by atoms with E-state index in [1.165, 1.54) is 12.1 Å². The van der Waals surface area contributed by atoms with Crippen LogP contribution < -0.4 is 4.74 Å². The zero-order valence-corrected chi connectivity index (χ0v) is 14.6. The van der Waals surface area contributed by atoms with Gasteiger partial charge < -0.3 is 4.74 Å². The highest BCUT2D eigenvalue weighted by molar-refractivity contribution is 9.10. The molecule has 0 saturated carbocycles. The first-order valence-electron chi connectivity index (χ1n) is 7.31. The Bertz CT molecular complexity index is 691. The van der Waals surface area contributed by atoms with Crippen molar-refractivity contribution in [2.24, 2.45) is 0 Å². The summed E-state index contributed by atoms with van der Waals surface area (Å²) in [6.45, 7) is 7.97. The predicted octanol–water partition coefficient (Wildman–Crippen LogP) is 5.21. The third kappa shape index (κ3) is 3.03. The van der Waals surface area contributed by atoms with E-state index in [9.17, 15) is 4.39 Å². The van der Waals surface area contributed by atoms with Gasteiger partial charge in [-0.1, -0.05) is 12.1 Å². The Morgan fingerprint density at radius 1 is 1.09 bits per heavy atom. The highest BCUT2D eigenvalue weighted by Crippen LogP contribution is 2.38. The number of ether oxygens (including phenoxy) is 1. The van der Waals surface area contributed by atoms with Crippen molar-refractivity contribution in [3.05, 3.63) is 52.3 Å². The molecule has 0 N–H and O–H groups in total. The molecule has 0 unspecified atom stereocenters. The van der Waals surface area contributed by atoms with E-state index in [-0.39, 0.29) is 11.4 Å². The molecule has 22 heavy (non-hydrogen) atoms. The first kappa shape index (κ1) is 15.5. The SMILES string of the molecule is CC(C)(C)N1COc2c(Br)cc(-c3ccc(F)cc3)cc2C1. The molecule has 2 aromatic carbocycles. The summed E-state index contributed by atoms with van der Waals surface area (Å²) in [5.74, 6) is 0.689. The molecular formula is C18H19BrFNO. The van der Waals surface area contributed by atoms with E-state index < -0.39 is 0 Å². The van der Waals surface area contributed by atoms with Crippen LogP contribution in [0.4, 0.5) is 4.39 Å². The second-order valence-corrected chi connectivity index (χ2v) is 7.45. The summed E-state index contributed by atoms with van der Waals surface area (Å²) in [5, 5.41) is 0. The van der Waals surface area contributed by atoms with Crippen molar-refractivity contribution in [2.75, 3.05) is 6.73 Å². The normalized spacial score (nSPS) is 15.3. The zero-order chi connectivity index (χ0) is 15.9. The summed E-state index contributed by atoms with van der Waals surface area (Å²) in [6, 6.07) is 10.7. The lowest BCUT2D eigenvalue weighted by Gasteiger charge is -2.39. The van der Waals surface area contributed by atoms with Gasteiger partial charge in [-0.25, -0.2) is 4.39 Å². The molecule has 1 heterocycles. The maximum absolute atomic E-state index is 13.1. The van der Waals surface area contributed by atoms with Gasteiger partial charge in [0.05, 0.1) is 4.47 Å². The molecular weight excluding hydrogens is 345 g/mol. The van der Waals surface area contributed by atoms with Gasteiger partial charge in [-0.15, -0.1) is 0 Å². The van der Waals surface area contributed by atoms with Gasteiger partial charge in [0.2, 0.25) is 0 Å². The molecule has 0 fully saturated rings. The Hall–Kier alpha value is -1.39. The fraction of sp³-hybridized carbons (Fsp3) is 0.333. The molecule has 0 spiro atoms. The van der Waals surface area contributed by atoms with Crippen molar-refractivity contribution in [2.45, 2.75) is 32.9 Å². The van der Waals surface area contributed by atoms with E-state index in [1.807, 2.05) is 6.07 Å². The highest BCUT2D eigenvalue weighted by Gasteiger charge is 2.28. The van der Waals surface area contributed by atoms with E-state index in [0.29, 0.717) is 6.73 Å². The predicted molar refractivity (Wildman–Crippen MR) is 90.3 cm³/mol. The topological polar surface area (TPSA) is 12.5 Å². The van der Waals surface area contributed by atoms with Crippen LogP contribution in [0.3, 0.4) is 0 Å². The first-order chi connectivity index (χ1) is 10.3. The van der Waals surface area contributed by atoms with Gasteiger partial charge in [0.15, 0.2) is 0 Å². The fourth-order valence-corrected chi connectivity index (χ4v) is 3.18. The van der Waals surface area contributed by atoms with Crippen LogP contribution in [-0.2, 0) is 6.54 Å². The van der Waals surface area contributed by atoms with Crippen molar-refractivity contribution in [1.82, 2.24) is 4.90 Å². The fourth-order valence-electron chi connectivity index (χ4n) is 2.56. The maximum atomic E-state index is 13.1. The molecule has 0 saturated heterocycles. The van der Waals surface area contributed by atoms with Gasteiger partial charge in [-0.05, 0) is 72.1 Å².